The van der Waals surface area contributed by atoms with Crippen molar-refractivity contribution in [3.8, 4) is 11.8 Å². The van der Waals surface area contributed by atoms with Crippen LogP contribution < -0.4 is 10.1 Å². The van der Waals surface area contributed by atoms with Crippen LogP contribution in [0.5, 0.6) is 5.75 Å². The number of nitriles is 1. The van der Waals surface area contributed by atoms with E-state index in [1.165, 1.54) is 0 Å². The van der Waals surface area contributed by atoms with Crippen molar-refractivity contribution in [3.05, 3.63) is 59.1 Å². The summed E-state index contributed by atoms with van der Waals surface area (Å²) in [5.41, 5.74) is 1.26. The van der Waals surface area contributed by atoms with Gasteiger partial charge in [0.1, 0.15) is 12.4 Å². The summed E-state index contributed by atoms with van der Waals surface area (Å²) in [6.45, 7) is 4.26. The molecule has 27 heavy (non-hydrogen) atoms. The molecule has 1 N–H and O–H groups in total. The average molecular weight is 385 g/mol. The van der Waals surface area contributed by atoms with E-state index in [0.29, 0.717) is 41.7 Å². The SMILES string of the molecule is N#Cc1ccc(NC(=O)N2CCN(CCOc3ccccc3Cl)CC2)cc1. The Bertz CT molecular complexity index is 811. The Balaban J connectivity index is 1.39. The van der Waals surface area contributed by atoms with Crippen molar-refractivity contribution >= 4 is 23.3 Å². The Labute approximate surface area is 163 Å². The van der Waals surface area contributed by atoms with Gasteiger partial charge < -0.3 is 15.0 Å². The van der Waals surface area contributed by atoms with Crippen LogP contribution in [0.1, 0.15) is 5.56 Å². The zero-order valence-electron chi connectivity index (χ0n) is 14.9. The van der Waals surface area contributed by atoms with E-state index in [0.717, 1.165) is 19.6 Å². The van der Waals surface area contributed by atoms with Crippen molar-refractivity contribution in [3.63, 3.8) is 0 Å². The minimum atomic E-state index is -0.119. The third-order valence-corrected chi connectivity index (χ3v) is 4.74. The number of benzene rings is 2. The summed E-state index contributed by atoms with van der Waals surface area (Å²) in [6.07, 6.45) is 0. The molecule has 1 fully saturated rings. The highest BCUT2D eigenvalue weighted by Gasteiger charge is 2.21. The summed E-state index contributed by atoms with van der Waals surface area (Å²) >= 11 is 6.08. The minimum Gasteiger partial charge on any atom is -0.491 e. The van der Waals surface area contributed by atoms with Gasteiger partial charge in [0.2, 0.25) is 0 Å². The van der Waals surface area contributed by atoms with E-state index >= 15 is 0 Å². The van der Waals surface area contributed by atoms with Gasteiger partial charge in [0.25, 0.3) is 0 Å². The third kappa shape index (κ3) is 5.36. The summed E-state index contributed by atoms with van der Waals surface area (Å²) in [5, 5.41) is 12.3. The molecule has 2 aromatic carbocycles. The van der Waals surface area contributed by atoms with Crippen molar-refractivity contribution < 1.29 is 9.53 Å². The maximum absolute atomic E-state index is 12.4. The summed E-state index contributed by atoms with van der Waals surface area (Å²) in [7, 11) is 0. The second-order valence-electron chi connectivity index (χ2n) is 6.23. The minimum absolute atomic E-state index is 0.119. The highest BCUT2D eigenvalue weighted by molar-refractivity contribution is 6.32. The number of nitrogens with zero attached hydrogens (tertiary/aromatic N) is 3. The molecule has 1 aliphatic rings. The number of hydrogen-bond acceptors (Lipinski definition) is 4. The van der Waals surface area contributed by atoms with E-state index in [1.807, 2.05) is 24.3 Å². The number of urea groups is 1. The fraction of sp³-hybridized carbons (Fsp3) is 0.300. The molecule has 7 heteroatoms. The zero-order chi connectivity index (χ0) is 19.1. The molecule has 140 valence electrons. The number of para-hydroxylation sites is 1. The number of ether oxygens (including phenoxy) is 1. The number of carbonyl (C=O) groups excluding carboxylic acids is 1. The molecule has 0 bridgehead atoms. The van der Waals surface area contributed by atoms with Crippen molar-refractivity contribution in [2.24, 2.45) is 0 Å². The zero-order valence-corrected chi connectivity index (χ0v) is 15.7. The van der Waals surface area contributed by atoms with Crippen LogP contribution >= 0.6 is 11.6 Å². The molecule has 0 aliphatic carbocycles. The molecule has 3 rings (SSSR count). The Morgan fingerprint density at radius 2 is 1.81 bits per heavy atom. The van der Waals surface area contributed by atoms with Crippen LogP contribution in [0.2, 0.25) is 5.02 Å². The molecule has 1 saturated heterocycles. The fourth-order valence-electron chi connectivity index (χ4n) is 2.85. The van der Waals surface area contributed by atoms with Gasteiger partial charge in [-0.2, -0.15) is 5.26 Å². The third-order valence-electron chi connectivity index (χ3n) is 4.43. The van der Waals surface area contributed by atoms with Gasteiger partial charge in [0.15, 0.2) is 0 Å². The normalized spacial score (nSPS) is 14.4. The molecular weight excluding hydrogens is 364 g/mol. The fourth-order valence-corrected chi connectivity index (χ4v) is 3.04. The van der Waals surface area contributed by atoms with Gasteiger partial charge in [-0.25, -0.2) is 4.79 Å². The van der Waals surface area contributed by atoms with Crippen molar-refractivity contribution in [1.29, 1.82) is 5.26 Å². The molecule has 2 aromatic rings. The second kappa shape index (κ2) is 9.26. The Kier molecular flexibility index (Phi) is 6.53. The van der Waals surface area contributed by atoms with Gasteiger partial charge in [-0.15, -0.1) is 0 Å². The molecular formula is C20H21ClN4O2. The molecule has 0 atom stereocenters. The van der Waals surface area contributed by atoms with E-state index in [4.69, 9.17) is 21.6 Å². The monoisotopic (exact) mass is 384 g/mol. The second-order valence-corrected chi connectivity index (χ2v) is 6.63. The quantitative estimate of drug-likeness (QED) is 0.857. The molecule has 2 amide bonds. The van der Waals surface area contributed by atoms with Crippen LogP contribution in [-0.4, -0.2) is 55.2 Å². The number of piperazine rings is 1. The molecule has 1 aliphatic heterocycles. The van der Waals surface area contributed by atoms with E-state index in [1.54, 1.807) is 29.2 Å². The van der Waals surface area contributed by atoms with Crippen molar-refractivity contribution in [2.75, 3.05) is 44.6 Å². The van der Waals surface area contributed by atoms with E-state index < -0.39 is 0 Å². The van der Waals surface area contributed by atoms with E-state index in [2.05, 4.69) is 16.3 Å². The number of amides is 2. The lowest BCUT2D eigenvalue weighted by Crippen LogP contribution is -2.50. The van der Waals surface area contributed by atoms with Gasteiger partial charge in [-0.1, -0.05) is 23.7 Å². The van der Waals surface area contributed by atoms with Gasteiger partial charge in [0.05, 0.1) is 16.7 Å². The average Bonchev–Trinajstić information content (AvgIpc) is 2.70. The number of halogens is 1. The highest BCUT2D eigenvalue weighted by Crippen LogP contribution is 2.22. The van der Waals surface area contributed by atoms with Crippen LogP contribution in [0.4, 0.5) is 10.5 Å². The van der Waals surface area contributed by atoms with Gasteiger partial charge in [0, 0.05) is 38.4 Å². The molecule has 1 heterocycles. The van der Waals surface area contributed by atoms with Crippen LogP contribution in [0.15, 0.2) is 48.5 Å². The lowest BCUT2D eigenvalue weighted by molar-refractivity contribution is 0.132. The number of anilines is 1. The van der Waals surface area contributed by atoms with Crippen molar-refractivity contribution in [1.82, 2.24) is 9.80 Å². The summed E-state index contributed by atoms with van der Waals surface area (Å²) < 4.78 is 5.72. The van der Waals surface area contributed by atoms with Crippen LogP contribution in [0.3, 0.4) is 0 Å². The van der Waals surface area contributed by atoms with Gasteiger partial charge >= 0.3 is 6.03 Å². The predicted octanol–water partition coefficient (Wildman–Crippen LogP) is 3.44. The van der Waals surface area contributed by atoms with Gasteiger partial charge in [-0.3, -0.25) is 4.90 Å². The Hall–Kier alpha value is -2.75. The molecule has 0 unspecified atom stereocenters. The Morgan fingerprint density at radius 3 is 2.48 bits per heavy atom. The Morgan fingerprint density at radius 1 is 1.11 bits per heavy atom. The first-order chi connectivity index (χ1) is 13.2. The maximum atomic E-state index is 12.4. The highest BCUT2D eigenvalue weighted by atomic mass is 35.5. The number of hydrogen-bond donors (Lipinski definition) is 1. The summed E-state index contributed by atoms with van der Waals surface area (Å²) in [4.78, 5) is 16.4. The first-order valence-corrected chi connectivity index (χ1v) is 9.19. The topological polar surface area (TPSA) is 68.6 Å². The molecule has 0 radical (unpaired) electrons. The van der Waals surface area contributed by atoms with Crippen LogP contribution in [0, 0.1) is 11.3 Å². The van der Waals surface area contributed by atoms with E-state index in [9.17, 15) is 4.79 Å². The first-order valence-electron chi connectivity index (χ1n) is 8.81. The van der Waals surface area contributed by atoms with Crippen molar-refractivity contribution in [2.45, 2.75) is 0 Å². The number of rotatable bonds is 5. The van der Waals surface area contributed by atoms with Crippen LogP contribution in [0.25, 0.3) is 0 Å². The van der Waals surface area contributed by atoms with Gasteiger partial charge in [-0.05, 0) is 36.4 Å². The standard InChI is InChI=1S/C20H21ClN4O2/c21-18-3-1-2-4-19(18)27-14-13-24-9-11-25(12-10-24)20(26)23-17-7-5-16(15-22)6-8-17/h1-8H,9-14H2,(H,23,26). The number of carbonyl (C=O) groups is 1. The first kappa shape index (κ1) is 19.0. The lowest BCUT2D eigenvalue weighted by atomic mass is 10.2. The largest absolute Gasteiger partial charge is 0.491 e. The lowest BCUT2D eigenvalue weighted by Gasteiger charge is -2.34. The number of nitrogens with one attached hydrogen (secondary N) is 1. The predicted molar refractivity (Wildman–Crippen MR) is 105 cm³/mol. The maximum Gasteiger partial charge on any atom is 0.321 e. The summed E-state index contributed by atoms with van der Waals surface area (Å²) in [6, 6.07) is 16.2. The molecule has 0 saturated carbocycles. The van der Waals surface area contributed by atoms with Crippen LogP contribution in [-0.2, 0) is 0 Å². The molecule has 0 spiro atoms. The smallest absolute Gasteiger partial charge is 0.321 e. The molecule has 0 aromatic heterocycles. The van der Waals surface area contributed by atoms with E-state index in [-0.39, 0.29) is 6.03 Å². The summed E-state index contributed by atoms with van der Waals surface area (Å²) in [5.74, 6) is 0.694. The molecule has 6 nitrogen and oxygen atoms in total.